The standard InChI is InChI=1S/C16H15NO2/c1-2-19-17-15(13-9-5-3-6-10-13)16(18)14-11-7-4-8-12-14/h3-12H,2H2,1H3. The first-order valence-corrected chi connectivity index (χ1v) is 6.18. The maximum absolute atomic E-state index is 12.4. The van der Waals surface area contributed by atoms with Gasteiger partial charge in [0.05, 0.1) is 0 Å². The fourth-order valence-corrected chi connectivity index (χ4v) is 1.68. The van der Waals surface area contributed by atoms with Crippen LogP contribution >= 0.6 is 0 Å². The minimum atomic E-state index is -0.139. The van der Waals surface area contributed by atoms with E-state index < -0.39 is 0 Å². The van der Waals surface area contributed by atoms with Crippen molar-refractivity contribution in [2.45, 2.75) is 6.92 Å². The van der Waals surface area contributed by atoms with E-state index in [9.17, 15) is 4.79 Å². The smallest absolute Gasteiger partial charge is 0.215 e. The number of ketones is 1. The number of rotatable bonds is 5. The maximum atomic E-state index is 12.4. The molecule has 0 atom stereocenters. The molecule has 2 rings (SSSR count). The summed E-state index contributed by atoms with van der Waals surface area (Å²) in [6.45, 7) is 2.26. The zero-order chi connectivity index (χ0) is 13.5. The van der Waals surface area contributed by atoms with Crippen LogP contribution in [0.3, 0.4) is 0 Å². The highest BCUT2D eigenvalue weighted by atomic mass is 16.6. The van der Waals surface area contributed by atoms with Gasteiger partial charge in [0.25, 0.3) is 0 Å². The van der Waals surface area contributed by atoms with Crippen molar-refractivity contribution in [1.29, 1.82) is 0 Å². The Labute approximate surface area is 112 Å². The predicted octanol–water partition coefficient (Wildman–Crippen LogP) is 3.31. The fraction of sp³-hybridized carbons (Fsp3) is 0.125. The number of carbonyl (C=O) groups excluding carboxylic acids is 1. The molecule has 0 heterocycles. The van der Waals surface area contributed by atoms with E-state index in [1.54, 1.807) is 12.1 Å². The lowest BCUT2D eigenvalue weighted by Gasteiger charge is -2.05. The number of oxime groups is 1. The van der Waals surface area contributed by atoms with Gasteiger partial charge < -0.3 is 4.84 Å². The monoisotopic (exact) mass is 253 g/mol. The topological polar surface area (TPSA) is 38.7 Å². The summed E-state index contributed by atoms with van der Waals surface area (Å²) >= 11 is 0. The average molecular weight is 253 g/mol. The summed E-state index contributed by atoms with van der Waals surface area (Å²) in [5.41, 5.74) is 1.68. The lowest BCUT2D eigenvalue weighted by Crippen LogP contribution is -2.16. The predicted molar refractivity (Wildman–Crippen MR) is 75.4 cm³/mol. The molecule has 0 radical (unpaired) electrons. The lowest BCUT2D eigenvalue weighted by molar-refractivity contribution is 0.105. The van der Waals surface area contributed by atoms with Crippen LogP contribution in [0.15, 0.2) is 65.8 Å². The summed E-state index contributed by atoms with van der Waals surface area (Å²) in [7, 11) is 0. The molecule has 96 valence electrons. The van der Waals surface area contributed by atoms with Gasteiger partial charge in [0.2, 0.25) is 5.78 Å². The SMILES string of the molecule is CCON=C(C(=O)c1ccccc1)c1ccccc1. The molecule has 0 fully saturated rings. The molecule has 0 N–H and O–H groups in total. The van der Waals surface area contributed by atoms with Crippen molar-refractivity contribution in [1.82, 2.24) is 0 Å². The Balaban J connectivity index is 2.37. The molecule has 0 unspecified atom stereocenters. The van der Waals surface area contributed by atoms with Gasteiger partial charge >= 0.3 is 0 Å². The van der Waals surface area contributed by atoms with Gasteiger partial charge in [-0.1, -0.05) is 65.8 Å². The van der Waals surface area contributed by atoms with Crippen molar-refractivity contribution in [3.63, 3.8) is 0 Å². The van der Waals surface area contributed by atoms with Crippen LogP contribution < -0.4 is 0 Å². The summed E-state index contributed by atoms with van der Waals surface area (Å²) in [4.78, 5) is 17.5. The first-order valence-electron chi connectivity index (χ1n) is 6.18. The highest BCUT2D eigenvalue weighted by Crippen LogP contribution is 2.09. The van der Waals surface area contributed by atoms with Gasteiger partial charge in [-0.2, -0.15) is 0 Å². The molecule has 0 aliphatic heterocycles. The molecule has 2 aromatic rings. The molecular formula is C16H15NO2. The zero-order valence-corrected chi connectivity index (χ0v) is 10.7. The highest BCUT2D eigenvalue weighted by molar-refractivity contribution is 6.51. The summed E-state index contributed by atoms with van der Waals surface area (Å²) in [6, 6.07) is 18.4. The van der Waals surface area contributed by atoms with Gasteiger partial charge in [0.15, 0.2) is 5.71 Å². The van der Waals surface area contributed by atoms with Crippen LogP contribution in [0.5, 0.6) is 0 Å². The zero-order valence-electron chi connectivity index (χ0n) is 10.7. The largest absolute Gasteiger partial charge is 0.395 e. The van der Waals surface area contributed by atoms with E-state index in [0.717, 1.165) is 5.56 Å². The van der Waals surface area contributed by atoms with Crippen LogP contribution in [-0.2, 0) is 4.84 Å². The maximum Gasteiger partial charge on any atom is 0.215 e. The molecule has 2 aromatic carbocycles. The third kappa shape index (κ3) is 3.28. The Hall–Kier alpha value is -2.42. The number of hydrogen-bond acceptors (Lipinski definition) is 3. The molecule has 0 saturated carbocycles. The third-order valence-corrected chi connectivity index (χ3v) is 2.58. The van der Waals surface area contributed by atoms with Crippen LogP contribution in [0.25, 0.3) is 0 Å². The van der Waals surface area contributed by atoms with Gasteiger partial charge in [0, 0.05) is 11.1 Å². The van der Waals surface area contributed by atoms with Crippen molar-refractivity contribution in [2.24, 2.45) is 5.16 Å². The van der Waals surface area contributed by atoms with Crippen LogP contribution in [0.1, 0.15) is 22.8 Å². The molecule has 3 heteroatoms. The van der Waals surface area contributed by atoms with Crippen LogP contribution in [-0.4, -0.2) is 18.1 Å². The Bertz CT molecular complexity index is 562. The molecule has 0 saturated heterocycles. The fourth-order valence-electron chi connectivity index (χ4n) is 1.68. The molecular weight excluding hydrogens is 238 g/mol. The molecule has 3 nitrogen and oxygen atoms in total. The summed E-state index contributed by atoms with van der Waals surface area (Å²) in [5.74, 6) is -0.139. The van der Waals surface area contributed by atoms with Crippen molar-refractivity contribution >= 4 is 11.5 Å². The third-order valence-electron chi connectivity index (χ3n) is 2.58. The summed E-state index contributed by atoms with van der Waals surface area (Å²) < 4.78 is 0. The van der Waals surface area contributed by atoms with Gasteiger partial charge in [0.1, 0.15) is 6.61 Å². The number of nitrogens with zero attached hydrogens (tertiary/aromatic N) is 1. The Morgan fingerprint density at radius 3 is 2.00 bits per heavy atom. The number of benzene rings is 2. The quantitative estimate of drug-likeness (QED) is 0.466. The van der Waals surface area contributed by atoms with Crippen LogP contribution in [0, 0.1) is 0 Å². The summed E-state index contributed by atoms with van der Waals surface area (Å²) in [6.07, 6.45) is 0. The number of hydrogen-bond donors (Lipinski definition) is 0. The van der Waals surface area contributed by atoms with Crippen molar-refractivity contribution in [3.8, 4) is 0 Å². The lowest BCUT2D eigenvalue weighted by atomic mass is 10.0. The van der Waals surface area contributed by atoms with Crippen molar-refractivity contribution in [3.05, 3.63) is 71.8 Å². The minimum Gasteiger partial charge on any atom is -0.395 e. The highest BCUT2D eigenvalue weighted by Gasteiger charge is 2.16. The van der Waals surface area contributed by atoms with Gasteiger partial charge in [-0.3, -0.25) is 4.79 Å². The first-order chi connectivity index (χ1) is 9.33. The van der Waals surface area contributed by atoms with Gasteiger partial charge in [-0.25, -0.2) is 0 Å². The van der Waals surface area contributed by atoms with E-state index in [2.05, 4.69) is 5.16 Å². The van der Waals surface area contributed by atoms with Crippen molar-refractivity contribution in [2.75, 3.05) is 6.61 Å². The molecule has 0 spiro atoms. The Morgan fingerprint density at radius 2 is 1.47 bits per heavy atom. The second kappa shape index (κ2) is 6.50. The average Bonchev–Trinajstić information content (AvgIpc) is 2.49. The Kier molecular flexibility index (Phi) is 4.45. The number of carbonyl (C=O) groups is 1. The molecule has 0 aliphatic carbocycles. The molecule has 0 amide bonds. The van der Waals surface area contributed by atoms with E-state index in [1.165, 1.54) is 0 Å². The second-order valence-corrected chi connectivity index (χ2v) is 3.92. The number of Topliss-reactive ketones (excluding diaryl/α,β-unsaturated/α-hetero) is 1. The van der Waals surface area contributed by atoms with Gasteiger partial charge in [-0.05, 0) is 6.92 Å². The van der Waals surface area contributed by atoms with E-state index in [0.29, 0.717) is 17.9 Å². The normalized spacial score (nSPS) is 11.1. The van der Waals surface area contributed by atoms with Crippen LogP contribution in [0.2, 0.25) is 0 Å². The van der Waals surface area contributed by atoms with Gasteiger partial charge in [-0.15, -0.1) is 0 Å². The van der Waals surface area contributed by atoms with E-state index in [1.807, 2.05) is 55.5 Å². The summed E-state index contributed by atoms with van der Waals surface area (Å²) in [5, 5.41) is 3.96. The van der Waals surface area contributed by atoms with Crippen LogP contribution in [0.4, 0.5) is 0 Å². The second-order valence-electron chi connectivity index (χ2n) is 3.92. The van der Waals surface area contributed by atoms with E-state index in [4.69, 9.17) is 4.84 Å². The van der Waals surface area contributed by atoms with E-state index >= 15 is 0 Å². The Morgan fingerprint density at radius 1 is 0.947 bits per heavy atom. The first kappa shape index (κ1) is 13.0. The molecule has 19 heavy (non-hydrogen) atoms. The minimum absolute atomic E-state index is 0.139. The molecule has 0 aliphatic rings. The van der Waals surface area contributed by atoms with E-state index in [-0.39, 0.29) is 5.78 Å². The molecule has 0 aromatic heterocycles. The molecule has 0 bridgehead atoms. The van der Waals surface area contributed by atoms with Crippen molar-refractivity contribution < 1.29 is 9.63 Å².